The van der Waals surface area contributed by atoms with Crippen LogP contribution in [-0.4, -0.2) is 73.9 Å². The van der Waals surface area contributed by atoms with Crippen LogP contribution in [0.5, 0.6) is 5.88 Å². The lowest BCUT2D eigenvalue weighted by Gasteiger charge is -2.25. The lowest BCUT2D eigenvalue weighted by Crippen LogP contribution is -2.36. The molecule has 4 aromatic rings. The van der Waals surface area contributed by atoms with E-state index in [1.165, 1.54) is 19.7 Å². The summed E-state index contributed by atoms with van der Waals surface area (Å²) >= 11 is 1.92. The van der Waals surface area contributed by atoms with Crippen LogP contribution in [0.15, 0.2) is 53.6 Å². The van der Waals surface area contributed by atoms with Crippen molar-refractivity contribution >= 4 is 55.7 Å². The molecule has 0 aliphatic carbocycles. The van der Waals surface area contributed by atoms with E-state index in [9.17, 15) is 18.0 Å². The van der Waals surface area contributed by atoms with Crippen molar-refractivity contribution in [2.45, 2.75) is 77.0 Å². The molecule has 0 saturated heterocycles. The quantitative estimate of drug-likeness (QED) is 0.172. The molecule has 0 spiro atoms. The predicted octanol–water partition coefficient (Wildman–Crippen LogP) is 4.66. The summed E-state index contributed by atoms with van der Waals surface area (Å²) in [5, 5.41) is 11.6. The van der Waals surface area contributed by atoms with Gasteiger partial charge in [-0.05, 0) is 73.2 Å². The number of ether oxygens (including phenoxy) is 1. The number of fused-ring (bicyclic) bond motifs is 2. The fraction of sp³-hybridized carbons (Fsp3) is 0.424. The smallest absolute Gasteiger partial charge is 0.248 e. The molecule has 0 radical (unpaired) electrons. The molecule has 14 heteroatoms. The van der Waals surface area contributed by atoms with Gasteiger partial charge < -0.3 is 10.1 Å². The molecule has 5 rings (SSSR count). The number of benzene rings is 2. The maximum absolute atomic E-state index is 13.9. The minimum absolute atomic E-state index is 0.0515. The second-order valence-electron chi connectivity index (χ2n) is 11.7. The molecule has 1 N–H and O–H groups in total. The van der Waals surface area contributed by atoms with Gasteiger partial charge in [0.25, 0.3) is 0 Å². The molecule has 2 amide bonds. The molecule has 2 aromatic carbocycles. The van der Waals surface area contributed by atoms with E-state index in [1.807, 2.05) is 85.6 Å². The third kappa shape index (κ3) is 7.44. The molecule has 0 saturated carbocycles. The Hall–Kier alpha value is -3.63. The first-order chi connectivity index (χ1) is 22.4. The Morgan fingerprint density at radius 3 is 2.68 bits per heavy atom. The van der Waals surface area contributed by atoms with E-state index in [0.29, 0.717) is 13.0 Å². The van der Waals surface area contributed by atoms with Gasteiger partial charge in [0.1, 0.15) is 16.5 Å². The van der Waals surface area contributed by atoms with Crippen LogP contribution in [-0.2, 0) is 32.7 Å². The van der Waals surface area contributed by atoms with Gasteiger partial charge in [-0.3, -0.25) is 12.7 Å². The van der Waals surface area contributed by atoms with Crippen LogP contribution in [0.1, 0.15) is 66.8 Å². The summed E-state index contributed by atoms with van der Waals surface area (Å²) in [4.78, 5) is 29.7. The Morgan fingerprint density at radius 2 is 1.96 bits per heavy atom. The van der Waals surface area contributed by atoms with Gasteiger partial charge in [0.2, 0.25) is 27.7 Å². The summed E-state index contributed by atoms with van der Waals surface area (Å²) in [6.45, 7) is 9.12. The Morgan fingerprint density at radius 1 is 1.17 bits per heavy atom. The number of carbonyl (C=O) groups excluding carboxylic acids is 2. The average molecular weight is 774 g/mol. The van der Waals surface area contributed by atoms with Crippen molar-refractivity contribution in [2.24, 2.45) is 0 Å². The lowest BCUT2D eigenvalue weighted by molar-refractivity contribution is -0.124. The molecule has 0 fully saturated rings. The number of aryl methyl sites for hydroxylation is 3. The van der Waals surface area contributed by atoms with Crippen LogP contribution in [0, 0.1) is 13.8 Å². The molecule has 3 heterocycles. The number of hydrogen-bond donors (Lipinski definition) is 1. The Bertz CT molecular complexity index is 1900. The number of nitrogens with zero attached hydrogens (tertiary/aromatic N) is 6. The second kappa shape index (κ2) is 14.6. The van der Waals surface area contributed by atoms with Gasteiger partial charge in [0, 0.05) is 51.6 Å². The molecule has 250 valence electrons. The summed E-state index contributed by atoms with van der Waals surface area (Å²) in [6, 6.07) is 13.1. The van der Waals surface area contributed by atoms with Gasteiger partial charge >= 0.3 is 0 Å². The normalized spacial score (nSPS) is 16.6. The fourth-order valence-electron chi connectivity index (χ4n) is 5.87. The van der Waals surface area contributed by atoms with E-state index in [2.05, 4.69) is 20.6 Å². The van der Waals surface area contributed by atoms with Crippen LogP contribution in [0.4, 0.5) is 0 Å². The molecule has 0 bridgehead atoms. The average Bonchev–Trinajstić information content (AvgIpc) is 3.44. The number of halogens is 1. The number of carbonyl (C=O) groups is 2. The third-order valence-corrected chi connectivity index (χ3v) is 11.0. The highest BCUT2D eigenvalue weighted by Crippen LogP contribution is 2.36. The summed E-state index contributed by atoms with van der Waals surface area (Å²) in [5.74, 6) is -0.523. The van der Waals surface area contributed by atoms with E-state index < -0.39 is 10.0 Å². The molecule has 2 aromatic heterocycles. The van der Waals surface area contributed by atoms with Crippen LogP contribution in [0.3, 0.4) is 0 Å². The summed E-state index contributed by atoms with van der Waals surface area (Å²) in [7, 11) is -2.23. The molecule has 1 aliphatic heterocycles. The SMILES string of the molecule is CC[C@@H]1CN(Cc2cc([C@H](CC(=O)NCCC(=O)N(C)I)c3ccc4c(nnn4CC)c3C)ccc2C)S(=O)(=O)c2cccnc2O1. The van der Waals surface area contributed by atoms with Crippen molar-refractivity contribution in [1.29, 1.82) is 0 Å². The van der Waals surface area contributed by atoms with E-state index in [1.54, 1.807) is 13.1 Å². The standard InChI is InChI=1S/C33H40IN7O5S/c1-6-25-20-40(47(44,45)29-9-8-15-36-33(29)46-25)19-24-17-23(11-10-21(24)3)27(18-30(42)35-16-14-31(43)39(5)34)26-12-13-28-32(22(26)4)37-38-41(28)7-2/h8-13,15,17,25,27H,6-7,14,16,18-20H2,1-5H3,(H,35,42)/t25-,27+/m1/s1. The van der Waals surface area contributed by atoms with Crippen molar-refractivity contribution in [3.63, 3.8) is 0 Å². The molecule has 0 unspecified atom stereocenters. The van der Waals surface area contributed by atoms with Crippen molar-refractivity contribution < 1.29 is 22.7 Å². The number of amides is 2. The van der Waals surface area contributed by atoms with Crippen molar-refractivity contribution in [3.05, 3.63) is 76.5 Å². The monoisotopic (exact) mass is 773 g/mol. The number of nitrogens with one attached hydrogen (secondary N) is 1. The van der Waals surface area contributed by atoms with Gasteiger partial charge in [-0.25, -0.2) is 18.1 Å². The zero-order valence-corrected chi connectivity index (χ0v) is 30.2. The van der Waals surface area contributed by atoms with Gasteiger partial charge in [-0.1, -0.05) is 36.4 Å². The maximum atomic E-state index is 13.9. The highest BCUT2D eigenvalue weighted by molar-refractivity contribution is 14.1. The summed E-state index contributed by atoms with van der Waals surface area (Å²) in [6.07, 6.45) is 2.11. The molecule has 12 nitrogen and oxygen atoms in total. The van der Waals surface area contributed by atoms with Gasteiger partial charge in [0.15, 0.2) is 0 Å². The van der Waals surface area contributed by atoms with Crippen LogP contribution < -0.4 is 10.1 Å². The second-order valence-corrected chi connectivity index (χ2v) is 15.1. The number of rotatable bonds is 11. The fourth-order valence-corrected chi connectivity index (χ4v) is 7.64. The summed E-state index contributed by atoms with van der Waals surface area (Å²) in [5.41, 5.74) is 6.15. The first kappa shape index (κ1) is 34.7. The number of hydrogen-bond acceptors (Lipinski definition) is 8. The van der Waals surface area contributed by atoms with Crippen LogP contribution in [0.25, 0.3) is 11.0 Å². The Balaban J connectivity index is 1.51. The van der Waals surface area contributed by atoms with Crippen LogP contribution >= 0.6 is 22.9 Å². The van der Waals surface area contributed by atoms with E-state index >= 15 is 0 Å². The topological polar surface area (TPSA) is 140 Å². The van der Waals surface area contributed by atoms with E-state index in [-0.39, 0.29) is 67.1 Å². The zero-order chi connectivity index (χ0) is 33.9. The maximum Gasteiger partial charge on any atom is 0.248 e. The molecular formula is C33H40IN7O5S. The minimum atomic E-state index is -3.90. The lowest BCUT2D eigenvalue weighted by atomic mass is 9.84. The first-order valence-electron chi connectivity index (χ1n) is 15.7. The van der Waals surface area contributed by atoms with Gasteiger partial charge in [-0.15, -0.1) is 5.10 Å². The van der Waals surface area contributed by atoms with Crippen molar-refractivity contribution in [2.75, 3.05) is 20.1 Å². The number of aromatic nitrogens is 4. The number of pyridine rings is 1. The Labute approximate surface area is 289 Å². The van der Waals surface area contributed by atoms with E-state index in [0.717, 1.165) is 38.9 Å². The molecule has 2 atom stereocenters. The van der Waals surface area contributed by atoms with Crippen molar-refractivity contribution in [3.8, 4) is 5.88 Å². The predicted molar refractivity (Wildman–Crippen MR) is 187 cm³/mol. The summed E-state index contributed by atoms with van der Waals surface area (Å²) < 4.78 is 38.5. The molecule has 47 heavy (non-hydrogen) atoms. The van der Waals surface area contributed by atoms with E-state index in [4.69, 9.17) is 4.74 Å². The highest BCUT2D eigenvalue weighted by Gasteiger charge is 2.35. The third-order valence-electron chi connectivity index (χ3n) is 8.67. The largest absolute Gasteiger partial charge is 0.472 e. The Kier molecular flexibility index (Phi) is 10.8. The first-order valence-corrected chi connectivity index (χ1v) is 18.1. The molecular weight excluding hydrogens is 733 g/mol. The van der Waals surface area contributed by atoms with Gasteiger partial charge in [-0.2, -0.15) is 4.31 Å². The zero-order valence-electron chi connectivity index (χ0n) is 27.2. The molecule has 1 aliphatic rings. The van der Waals surface area contributed by atoms with Crippen LogP contribution in [0.2, 0.25) is 0 Å². The minimum Gasteiger partial charge on any atom is -0.472 e. The van der Waals surface area contributed by atoms with Gasteiger partial charge in [0.05, 0.1) is 34.9 Å². The number of sulfonamides is 1. The highest BCUT2D eigenvalue weighted by atomic mass is 127. The van der Waals surface area contributed by atoms with Crippen molar-refractivity contribution in [1.82, 2.24) is 32.7 Å².